The van der Waals surface area contributed by atoms with Crippen LogP contribution >= 0.6 is 0 Å². The molecule has 1 aromatic rings. The van der Waals surface area contributed by atoms with Gasteiger partial charge in [0.05, 0.1) is 11.8 Å². The van der Waals surface area contributed by atoms with Crippen LogP contribution < -0.4 is 5.32 Å². The van der Waals surface area contributed by atoms with Gasteiger partial charge >= 0.3 is 5.97 Å². The monoisotopic (exact) mass is 286 g/mol. The summed E-state index contributed by atoms with van der Waals surface area (Å²) in [6, 6.07) is 3.72. The number of amides is 1. The molecule has 0 aliphatic heterocycles. The van der Waals surface area contributed by atoms with Crippen molar-refractivity contribution in [2.45, 2.75) is 20.3 Å². The molecule has 1 heterocycles. The van der Waals surface area contributed by atoms with E-state index in [1.54, 1.807) is 6.07 Å². The zero-order valence-corrected chi connectivity index (χ0v) is 12.0. The average Bonchev–Trinajstić information content (AvgIpc) is 2.96. The molecule has 1 fully saturated rings. The third kappa shape index (κ3) is 2.44. The average molecular weight is 286 g/mol. The van der Waals surface area contributed by atoms with Gasteiger partial charge in [-0.1, -0.05) is 12.2 Å². The van der Waals surface area contributed by atoms with E-state index in [0.29, 0.717) is 5.82 Å². The van der Waals surface area contributed by atoms with E-state index < -0.39 is 17.8 Å². The second-order valence-electron chi connectivity index (χ2n) is 6.00. The van der Waals surface area contributed by atoms with Crippen molar-refractivity contribution in [1.82, 2.24) is 4.98 Å². The molecule has 1 saturated carbocycles. The minimum Gasteiger partial charge on any atom is -0.481 e. The van der Waals surface area contributed by atoms with E-state index >= 15 is 0 Å². The Balaban J connectivity index is 1.82. The highest BCUT2D eigenvalue weighted by atomic mass is 16.4. The van der Waals surface area contributed by atoms with Crippen molar-refractivity contribution in [3.63, 3.8) is 0 Å². The summed E-state index contributed by atoms with van der Waals surface area (Å²) in [6.07, 6.45) is 4.67. The zero-order valence-electron chi connectivity index (χ0n) is 12.0. The van der Waals surface area contributed by atoms with Gasteiger partial charge in [0.1, 0.15) is 5.82 Å². The summed E-state index contributed by atoms with van der Waals surface area (Å²) in [5, 5.41) is 12.2. The number of nitrogens with one attached hydrogen (secondary N) is 1. The first-order chi connectivity index (χ1) is 9.95. The number of anilines is 1. The molecule has 0 unspecified atom stereocenters. The highest BCUT2D eigenvalue weighted by molar-refractivity contribution is 5.95. The van der Waals surface area contributed by atoms with Crippen LogP contribution in [0.5, 0.6) is 0 Å². The van der Waals surface area contributed by atoms with E-state index in [4.69, 9.17) is 0 Å². The maximum absolute atomic E-state index is 12.5. The summed E-state index contributed by atoms with van der Waals surface area (Å²) in [5.41, 5.74) is 1.84. The van der Waals surface area contributed by atoms with Gasteiger partial charge < -0.3 is 10.4 Å². The van der Waals surface area contributed by atoms with Gasteiger partial charge in [-0.15, -0.1) is 0 Å². The number of aliphatic carboxylic acids is 1. The van der Waals surface area contributed by atoms with Gasteiger partial charge in [-0.05, 0) is 49.8 Å². The number of hydrogen-bond acceptors (Lipinski definition) is 3. The Morgan fingerprint density at radius 3 is 2.48 bits per heavy atom. The van der Waals surface area contributed by atoms with Crippen molar-refractivity contribution in [3.05, 3.63) is 35.5 Å². The molecule has 2 bridgehead atoms. The number of nitrogens with zero attached hydrogens (tertiary/aromatic N) is 1. The van der Waals surface area contributed by atoms with Gasteiger partial charge in [0.15, 0.2) is 0 Å². The second-order valence-corrected chi connectivity index (χ2v) is 6.00. The molecule has 5 heteroatoms. The number of pyridine rings is 1. The standard InChI is InChI=1S/C16H18N2O3/c1-8-5-9(2)17-12(6-8)18-15(19)13-10-3-4-11(7-10)14(13)16(20)21/h3-6,10-11,13-14H,7H2,1-2H3,(H,20,21)(H,17,18,19)/t10-,11-,13-,14+/m0/s1. The minimum atomic E-state index is -0.889. The van der Waals surface area contributed by atoms with Gasteiger partial charge in [0, 0.05) is 5.69 Å². The summed E-state index contributed by atoms with van der Waals surface area (Å²) in [7, 11) is 0. The lowest BCUT2D eigenvalue weighted by Gasteiger charge is -2.23. The van der Waals surface area contributed by atoms with E-state index in [-0.39, 0.29) is 17.7 Å². The van der Waals surface area contributed by atoms with Crippen molar-refractivity contribution in [1.29, 1.82) is 0 Å². The first-order valence-corrected chi connectivity index (χ1v) is 7.13. The van der Waals surface area contributed by atoms with E-state index in [1.807, 2.05) is 32.1 Å². The molecule has 1 aromatic heterocycles. The molecule has 0 saturated heterocycles. The van der Waals surface area contributed by atoms with Crippen molar-refractivity contribution < 1.29 is 14.7 Å². The molecule has 0 aromatic carbocycles. The summed E-state index contributed by atoms with van der Waals surface area (Å²) in [6.45, 7) is 3.80. The number of allylic oxidation sites excluding steroid dienone is 2. The van der Waals surface area contributed by atoms with Crippen molar-refractivity contribution in [2.75, 3.05) is 5.32 Å². The maximum Gasteiger partial charge on any atom is 0.307 e. The number of carbonyl (C=O) groups excluding carboxylic acids is 1. The molecule has 1 amide bonds. The Hall–Kier alpha value is -2.17. The predicted molar refractivity (Wildman–Crippen MR) is 77.7 cm³/mol. The topological polar surface area (TPSA) is 79.3 Å². The molecule has 4 atom stereocenters. The molecular formula is C16H18N2O3. The van der Waals surface area contributed by atoms with Crippen LogP contribution in [-0.4, -0.2) is 22.0 Å². The molecule has 0 spiro atoms. The van der Waals surface area contributed by atoms with E-state index in [9.17, 15) is 14.7 Å². The number of carboxylic acids is 1. The summed E-state index contributed by atoms with van der Waals surface area (Å²) in [5.74, 6) is -1.74. The second kappa shape index (κ2) is 4.98. The summed E-state index contributed by atoms with van der Waals surface area (Å²) in [4.78, 5) is 28.2. The Bertz CT molecular complexity index is 618. The summed E-state index contributed by atoms with van der Waals surface area (Å²) >= 11 is 0. The third-order valence-electron chi connectivity index (χ3n) is 4.40. The maximum atomic E-state index is 12.5. The van der Waals surface area contributed by atoms with Crippen LogP contribution in [0.1, 0.15) is 17.7 Å². The number of carboxylic acid groups (broad SMARTS) is 1. The smallest absolute Gasteiger partial charge is 0.307 e. The highest BCUT2D eigenvalue weighted by Gasteiger charge is 2.51. The Labute approximate surface area is 123 Å². The van der Waals surface area contributed by atoms with Gasteiger partial charge in [0.2, 0.25) is 5.91 Å². The van der Waals surface area contributed by atoms with Gasteiger partial charge in [0.25, 0.3) is 0 Å². The Morgan fingerprint density at radius 1 is 1.19 bits per heavy atom. The molecule has 2 N–H and O–H groups in total. The summed E-state index contributed by atoms with van der Waals surface area (Å²) < 4.78 is 0. The number of rotatable bonds is 3. The lowest BCUT2D eigenvalue weighted by atomic mass is 9.82. The number of hydrogen-bond donors (Lipinski definition) is 2. The van der Waals surface area contributed by atoms with E-state index in [0.717, 1.165) is 17.7 Å². The molecule has 5 nitrogen and oxygen atoms in total. The largest absolute Gasteiger partial charge is 0.481 e. The normalized spacial score (nSPS) is 29.6. The number of carbonyl (C=O) groups is 2. The van der Waals surface area contributed by atoms with Crippen LogP contribution in [0.4, 0.5) is 5.82 Å². The molecule has 2 aliphatic carbocycles. The highest BCUT2D eigenvalue weighted by Crippen LogP contribution is 2.48. The van der Waals surface area contributed by atoms with Crippen molar-refractivity contribution >= 4 is 17.7 Å². The molecular weight excluding hydrogens is 268 g/mol. The Kier molecular flexibility index (Phi) is 3.27. The molecule has 21 heavy (non-hydrogen) atoms. The zero-order chi connectivity index (χ0) is 15.1. The van der Waals surface area contributed by atoms with Gasteiger partial charge in [-0.3, -0.25) is 9.59 Å². The molecule has 2 aliphatic rings. The van der Waals surface area contributed by atoms with Gasteiger partial charge in [-0.25, -0.2) is 4.98 Å². The number of fused-ring (bicyclic) bond motifs is 2. The van der Waals surface area contributed by atoms with Crippen LogP contribution in [0, 0.1) is 37.5 Å². The lowest BCUT2D eigenvalue weighted by molar-refractivity contribution is -0.146. The third-order valence-corrected chi connectivity index (χ3v) is 4.40. The van der Waals surface area contributed by atoms with Crippen LogP contribution in [0.2, 0.25) is 0 Å². The molecule has 110 valence electrons. The van der Waals surface area contributed by atoms with E-state index in [1.165, 1.54) is 0 Å². The number of aromatic nitrogens is 1. The quantitative estimate of drug-likeness (QED) is 0.834. The molecule has 3 rings (SSSR count). The fraction of sp³-hybridized carbons (Fsp3) is 0.438. The number of aryl methyl sites for hydroxylation is 2. The predicted octanol–water partition coefficient (Wildman–Crippen LogP) is 2.16. The first-order valence-electron chi connectivity index (χ1n) is 7.13. The van der Waals surface area contributed by atoms with Crippen LogP contribution in [0.25, 0.3) is 0 Å². The molecule has 0 radical (unpaired) electrons. The Morgan fingerprint density at radius 2 is 1.86 bits per heavy atom. The van der Waals surface area contributed by atoms with Crippen molar-refractivity contribution in [2.24, 2.45) is 23.7 Å². The first kappa shape index (κ1) is 13.8. The van der Waals surface area contributed by atoms with Crippen LogP contribution in [0.15, 0.2) is 24.3 Å². The van der Waals surface area contributed by atoms with Crippen molar-refractivity contribution in [3.8, 4) is 0 Å². The van der Waals surface area contributed by atoms with E-state index in [2.05, 4.69) is 10.3 Å². The fourth-order valence-electron chi connectivity index (χ4n) is 3.63. The minimum absolute atomic E-state index is 0.0181. The van der Waals surface area contributed by atoms with Gasteiger partial charge in [-0.2, -0.15) is 0 Å². The SMILES string of the molecule is Cc1cc(C)nc(NC(=O)[C@@H]2[C@H](C(=O)O)[C@H]3C=C[C@H]2C3)c1. The van der Waals surface area contributed by atoms with Crippen LogP contribution in [-0.2, 0) is 9.59 Å². The lowest BCUT2D eigenvalue weighted by Crippen LogP contribution is -2.36. The fourth-order valence-corrected chi connectivity index (χ4v) is 3.63. The van der Waals surface area contributed by atoms with Crippen LogP contribution in [0.3, 0.4) is 0 Å².